The van der Waals surface area contributed by atoms with Gasteiger partial charge in [0.05, 0.1) is 11.3 Å². The molecule has 278 valence electrons. The lowest BCUT2D eigenvalue weighted by atomic mass is 9.46. The summed E-state index contributed by atoms with van der Waals surface area (Å²) in [5.41, 5.74) is 4.19. The van der Waals surface area contributed by atoms with Crippen LogP contribution in [0.25, 0.3) is 0 Å². The van der Waals surface area contributed by atoms with Gasteiger partial charge in [-0.15, -0.1) is 0 Å². The van der Waals surface area contributed by atoms with Crippen molar-refractivity contribution < 1.29 is 23.8 Å². The maximum Gasteiger partial charge on any atom is 0.343 e. The standard InChI is InChI=1S/C47H60O5/c1-5-43(48)52-42-20-18-39-37-15-12-31-28-33(21-24-45(31,2)40(37)23-26-47(39,42)4)50-41-19-17-38-36-14-11-30-27-32(51-44(49)29-9-7-6-8-10-29)13-16-34(30)35(36)22-25-46(38,41)3/h6-10,13,16,27-28,31,35-42H,5,11-12,14-15,17-26H2,1-4H3/t31-,35-,36-,37+,38+,39+,40+,41+,42+,45+,46+,47+/m1/s1. The summed E-state index contributed by atoms with van der Waals surface area (Å²) in [6.45, 7) is 9.56. The molecule has 0 spiro atoms. The van der Waals surface area contributed by atoms with Crippen molar-refractivity contribution in [2.45, 2.75) is 142 Å². The minimum Gasteiger partial charge on any atom is -0.495 e. The quantitative estimate of drug-likeness (QED) is 0.221. The van der Waals surface area contributed by atoms with E-state index in [9.17, 15) is 9.59 Å². The van der Waals surface area contributed by atoms with Crippen LogP contribution in [0, 0.1) is 51.8 Å². The topological polar surface area (TPSA) is 61.8 Å². The van der Waals surface area contributed by atoms with Gasteiger partial charge in [0.25, 0.3) is 0 Å². The summed E-state index contributed by atoms with van der Waals surface area (Å²) in [6.07, 6.45) is 20.4. The third kappa shape index (κ3) is 5.52. The highest BCUT2D eigenvalue weighted by Crippen LogP contribution is 2.67. The fourth-order valence-electron chi connectivity index (χ4n) is 14.0. The molecule has 2 aromatic carbocycles. The van der Waals surface area contributed by atoms with Crippen molar-refractivity contribution in [1.29, 1.82) is 0 Å². The van der Waals surface area contributed by atoms with E-state index in [1.165, 1.54) is 87.5 Å². The van der Waals surface area contributed by atoms with Gasteiger partial charge >= 0.3 is 11.9 Å². The highest BCUT2D eigenvalue weighted by Gasteiger charge is 2.61. The van der Waals surface area contributed by atoms with Gasteiger partial charge in [-0.1, -0.05) is 52.0 Å². The van der Waals surface area contributed by atoms with Crippen LogP contribution in [0.15, 0.2) is 60.4 Å². The van der Waals surface area contributed by atoms with E-state index in [2.05, 4.69) is 39.0 Å². The second-order valence-corrected chi connectivity index (χ2v) is 18.9. The Morgan fingerprint density at radius 3 is 2.25 bits per heavy atom. The average molecular weight is 705 g/mol. The van der Waals surface area contributed by atoms with Gasteiger partial charge in [-0.2, -0.15) is 0 Å². The second kappa shape index (κ2) is 13.0. The van der Waals surface area contributed by atoms with Crippen molar-refractivity contribution in [3.05, 3.63) is 77.1 Å². The van der Waals surface area contributed by atoms with Crippen molar-refractivity contribution in [2.24, 2.45) is 51.8 Å². The van der Waals surface area contributed by atoms with Gasteiger partial charge in [-0.25, -0.2) is 4.79 Å². The third-order valence-electron chi connectivity index (χ3n) is 16.8. The minimum atomic E-state index is -0.290. The van der Waals surface area contributed by atoms with Crippen LogP contribution in [0.1, 0.15) is 145 Å². The van der Waals surface area contributed by atoms with Crippen molar-refractivity contribution in [2.75, 3.05) is 0 Å². The predicted octanol–water partition coefficient (Wildman–Crippen LogP) is 11.0. The Hall–Kier alpha value is -3.08. The van der Waals surface area contributed by atoms with Gasteiger partial charge in [-0.3, -0.25) is 4.79 Å². The van der Waals surface area contributed by atoms with Crippen LogP contribution >= 0.6 is 0 Å². The summed E-state index contributed by atoms with van der Waals surface area (Å²) in [6, 6.07) is 15.7. The number of allylic oxidation sites excluding steroid dienone is 2. The lowest BCUT2D eigenvalue weighted by Gasteiger charge is -2.59. The summed E-state index contributed by atoms with van der Waals surface area (Å²) in [7, 11) is 0. The molecule has 5 saturated carbocycles. The largest absolute Gasteiger partial charge is 0.495 e. The summed E-state index contributed by atoms with van der Waals surface area (Å²) in [5, 5.41) is 0. The average Bonchev–Trinajstić information content (AvgIpc) is 3.67. The minimum absolute atomic E-state index is 0.0202. The number of aryl methyl sites for hydroxylation is 1. The molecule has 0 radical (unpaired) electrons. The van der Waals surface area contributed by atoms with E-state index in [1.54, 1.807) is 0 Å². The third-order valence-corrected chi connectivity index (χ3v) is 16.8. The molecule has 5 nitrogen and oxygen atoms in total. The Kier molecular flexibility index (Phi) is 8.70. The number of hydrogen-bond donors (Lipinski definition) is 0. The number of ether oxygens (including phenoxy) is 3. The molecule has 52 heavy (non-hydrogen) atoms. The summed E-state index contributed by atoms with van der Waals surface area (Å²) < 4.78 is 19.1. The first-order valence-corrected chi connectivity index (χ1v) is 21.1. The molecular weight excluding hydrogens is 645 g/mol. The maximum absolute atomic E-state index is 12.7. The number of carbonyl (C=O) groups is 2. The van der Waals surface area contributed by atoms with E-state index < -0.39 is 0 Å². The summed E-state index contributed by atoms with van der Waals surface area (Å²) in [4.78, 5) is 25.0. The SMILES string of the molecule is CCC(=O)O[C@H]1CC[C@H]2[C@@H]3CC[C@@H]4C=C(O[C@H]5CC[C@H]6[C@@H]7CCc8cc(OC(=O)c9ccccc9)ccc8[C@H]7CC[C@]56C)CC[C@]4(C)[C@H]3CC[C@]12C. The van der Waals surface area contributed by atoms with E-state index in [-0.39, 0.29) is 28.9 Å². The molecule has 0 bridgehead atoms. The van der Waals surface area contributed by atoms with Crippen LogP contribution in [-0.4, -0.2) is 24.1 Å². The molecule has 7 aliphatic carbocycles. The smallest absolute Gasteiger partial charge is 0.343 e. The van der Waals surface area contributed by atoms with Crippen LogP contribution in [-0.2, 0) is 20.7 Å². The van der Waals surface area contributed by atoms with E-state index in [0.717, 1.165) is 31.1 Å². The number of carbonyl (C=O) groups excluding carboxylic acids is 2. The Bertz CT molecular complexity index is 1730. The van der Waals surface area contributed by atoms with Crippen LogP contribution in [0.3, 0.4) is 0 Å². The monoisotopic (exact) mass is 704 g/mol. The molecule has 7 aliphatic rings. The number of rotatable bonds is 6. The van der Waals surface area contributed by atoms with Crippen LogP contribution in [0.4, 0.5) is 0 Å². The molecule has 12 atom stereocenters. The van der Waals surface area contributed by atoms with Crippen molar-refractivity contribution in [1.82, 2.24) is 0 Å². The van der Waals surface area contributed by atoms with Gasteiger partial charge in [0, 0.05) is 23.7 Å². The Balaban J connectivity index is 0.853. The fourth-order valence-corrected chi connectivity index (χ4v) is 14.0. The zero-order valence-electron chi connectivity index (χ0n) is 32.0. The molecule has 0 saturated heterocycles. The van der Waals surface area contributed by atoms with Crippen LogP contribution < -0.4 is 4.74 Å². The number of esters is 2. The Labute approximate surface area is 311 Å². The molecule has 5 fully saturated rings. The van der Waals surface area contributed by atoms with Crippen LogP contribution in [0.2, 0.25) is 0 Å². The van der Waals surface area contributed by atoms with Crippen molar-refractivity contribution >= 4 is 11.9 Å². The molecule has 5 heteroatoms. The molecule has 0 aliphatic heterocycles. The lowest BCUT2D eigenvalue weighted by molar-refractivity contribution is -0.161. The first kappa shape index (κ1) is 34.7. The van der Waals surface area contributed by atoms with Gasteiger partial charge < -0.3 is 14.2 Å². The molecule has 0 aromatic heterocycles. The molecule has 0 amide bonds. The zero-order valence-corrected chi connectivity index (χ0v) is 32.0. The molecule has 2 aromatic rings. The van der Waals surface area contributed by atoms with Gasteiger partial charge in [-0.05, 0) is 172 Å². The number of benzene rings is 2. The highest BCUT2D eigenvalue weighted by atomic mass is 16.5. The fraction of sp³-hybridized carbons (Fsp3) is 0.660. The van der Waals surface area contributed by atoms with E-state index in [1.807, 2.05) is 43.3 Å². The molecule has 0 unspecified atom stereocenters. The zero-order chi connectivity index (χ0) is 35.8. The van der Waals surface area contributed by atoms with Gasteiger partial charge in [0.15, 0.2) is 0 Å². The number of hydrogen-bond acceptors (Lipinski definition) is 5. The van der Waals surface area contributed by atoms with Crippen molar-refractivity contribution in [3.63, 3.8) is 0 Å². The summed E-state index contributed by atoms with van der Waals surface area (Å²) in [5.74, 6) is 6.49. The van der Waals surface area contributed by atoms with E-state index in [4.69, 9.17) is 14.2 Å². The first-order chi connectivity index (χ1) is 25.1. The summed E-state index contributed by atoms with van der Waals surface area (Å²) >= 11 is 0. The van der Waals surface area contributed by atoms with Gasteiger partial charge in [0.2, 0.25) is 0 Å². The lowest BCUT2D eigenvalue weighted by Crippen LogP contribution is -2.53. The highest BCUT2D eigenvalue weighted by molar-refractivity contribution is 5.91. The van der Waals surface area contributed by atoms with Crippen LogP contribution in [0.5, 0.6) is 5.75 Å². The molecule has 0 N–H and O–H groups in total. The second-order valence-electron chi connectivity index (χ2n) is 18.9. The maximum atomic E-state index is 12.7. The molecular formula is C47H60O5. The number of fused-ring (bicyclic) bond motifs is 10. The predicted molar refractivity (Wildman–Crippen MR) is 203 cm³/mol. The Morgan fingerprint density at radius 1 is 0.712 bits per heavy atom. The van der Waals surface area contributed by atoms with E-state index in [0.29, 0.717) is 58.8 Å². The Morgan fingerprint density at radius 2 is 1.44 bits per heavy atom. The molecule has 9 rings (SSSR count). The van der Waals surface area contributed by atoms with E-state index >= 15 is 0 Å². The van der Waals surface area contributed by atoms with Crippen molar-refractivity contribution in [3.8, 4) is 5.75 Å². The van der Waals surface area contributed by atoms with Gasteiger partial charge in [0.1, 0.15) is 18.0 Å². The first-order valence-electron chi connectivity index (χ1n) is 21.1. The molecule has 0 heterocycles. The normalized spacial score (nSPS) is 41.5.